The van der Waals surface area contributed by atoms with Crippen LogP contribution in [-0.2, 0) is 13.0 Å². The third-order valence-corrected chi connectivity index (χ3v) is 4.46. The summed E-state index contributed by atoms with van der Waals surface area (Å²) in [5, 5.41) is 10.5. The number of aliphatic hydroxyl groups is 1. The molecule has 1 N–H and O–H groups in total. The minimum Gasteiger partial charge on any atom is -0.391 e. The van der Waals surface area contributed by atoms with Gasteiger partial charge in [-0.25, -0.2) is 0 Å². The van der Waals surface area contributed by atoms with Crippen LogP contribution in [0.5, 0.6) is 0 Å². The van der Waals surface area contributed by atoms with Crippen LogP contribution in [0.2, 0.25) is 0 Å². The Morgan fingerprint density at radius 3 is 2.29 bits per heavy atom. The van der Waals surface area contributed by atoms with Crippen LogP contribution >= 0.6 is 0 Å². The first-order chi connectivity index (χ1) is 11.5. The first-order valence-corrected chi connectivity index (χ1v) is 9.03. The minimum absolute atomic E-state index is 0.330. The second-order valence-electron chi connectivity index (χ2n) is 7.19. The predicted octanol–water partition coefficient (Wildman–Crippen LogP) is 4.45. The van der Waals surface area contributed by atoms with Crippen LogP contribution in [0.25, 0.3) is 0 Å². The molecule has 1 atom stereocenters. The molecule has 0 aliphatic heterocycles. The van der Waals surface area contributed by atoms with Crippen LogP contribution in [-0.4, -0.2) is 29.2 Å². The third-order valence-electron chi connectivity index (χ3n) is 4.46. The van der Waals surface area contributed by atoms with Crippen molar-refractivity contribution in [2.75, 3.05) is 13.1 Å². The lowest BCUT2D eigenvalue weighted by atomic mass is 10.0. The van der Waals surface area contributed by atoms with Gasteiger partial charge in [0.25, 0.3) is 0 Å². The molecule has 0 spiro atoms. The van der Waals surface area contributed by atoms with E-state index in [0.29, 0.717) is 12.3 Å². The zero-order valence-corrected chi connectivity index (χ0v) is 15.3. The van der Waals surface area contributed by atoms with Crippen molar-refractivity contribution in [2.45, 2.75) is 46.3 Å². The lowest BCUT2D eigenvalue weighted by Gasteiger charge is -2.26. The number of rotatable bonds is 9. The van der Waals surface area contributed by atoms with Crippen LogP contribution < -0.4 is 0 Å². The van der Waals surface area contributed by atoms with E-state index in [9.17, 15) is 5.11 Å². The van der Waals surface area contributed by atoms with E-state index in [-0.39, 0.29) is 6.10 Å². The van der Waals surface area contributed by atoms with Gasteiger partial charge in [0, 0.05) is 13.1 Å². The molecule has 0 unspecified atom stereocenters. The number of aryl methyl sites for hydroxylation is 1. The Morgan fingerprint density at radius 1 is 0.958 bits per heavy atom. The van der Waals surface area contributed by atoms with Gasteiger partial charge in [0.15, 0.2) is 0 Å². The lowest BCUT2D eigenvalue weighted by Crippen LogP contribution is -2.34. The van der Waals surface area contributed by atoms with E-state index in [0.717, 1.165) is 26.1 Å². The quantitative estimate of drug-likeness (QED) is 0.736. The summed E-state index contributed by atoms with van der Waals surface area (Å²) in [5.41, 5.74) is 3.88. The van der Waals surface area contributed by atoms with Crippen molar-refractivity contribution in [3.63, 3.8) is 0 Å². The van der Waals surface area contributed by atoms with Gasteiger partial charge in [-0.2, -0.15) is 0 Å². The SMILES string of the molecule is Cc1ccccc1CN(CCC(C)C)C[C@H](O)Cc1ccccc1. The van der Waals surface area contributed by atoms with E-state index >= 15 is 0 Å². The summed E-state index contributed by atoms with van der Waals surface area (Å²) in [4.78, 5) is 2.40. The molecule has 2 aromatic rings. The van der Waals surface area contributed by atoms with Gasteiger partial charge < -0.3 is 5.11 Å². The maximum absolute atomic E-state index is 10.5. The summed E-state index contributed by atoms with van der Waals surface area (Å²) in [7, 11) is 0. The predicted molar refractivity (Wildman–Crippen MR) is 102 cm³/mol. The standard InChI is InChI=1S/C22H31NO/c1-18(2)13-14-23(16-21-12-8-7-9-19(21)3)17-22(24)15-20-10-5-4-6-11-20/h4-12,18,22,24H,13-17H2,1-3H3/t22-/m1/s1. The Morgan fingerprint density at radius 2 is 1.62 bits per heavy atom. The molecule has 0 radical (unpaired) electrons. The van der Waals surface area contributed by atoms with Crippen molar-refractivity contribution in [3.05, 3.63) is 71.3 Å². The first-order valence-electron chi connectivity index (χ1n) is 9.03. The van der Waals surface area contributed by atoms with Crippen molar-refractivity contribution in [1.29, 1.82) is 0 Å². The number of hydrogen-bond donors (Lipinski definition) is 1. The molecule has 130 valence electrons. The molecule has 0 saturated heterocycles. The fourth-order valence-electron chi connectivity index (χ4n) is 2.95. The fraction of sp³-hybridized carbons (Fsp3) is 0.455. The topological polar surface area (TPSA) is 23.5 Å². The van der Waals surface area contributed by atoms with E-state index < -0.39 is 0 Å². The number of nitrogens with zero attached hydrogens (tertiary/aromatic N) is 1. The van der Waals surface area contributed by atoms with E-state index in [4.69, 9.17) is 0 Å². The Kier molecular flexibility index (Phi) is 7.48. The maximum Gasteiger partial charge on any atom is 0.0707 e. The average molecular weight is 325 g/mol. The summed E-state index contributed by atoms with van der Waals surface area (Å²) in [6, 6.07) is 18.8. The van der Waals surface area contributed by atoms with Crippen LogP contribution in [0.3, 0.4) is 0 Å². The summed E-state index contributed by atoms with van der Waals surface area (Å²) >= 11 is 0. The molecule has 2 rings (SSSR count). The van der Waals surface area contributed by atoms with Gasteiger partial charge in [0.05, 0.1) is 6.10 Å². The Hall–Kier alpha value is -1.64. The van der Waals surface area contributed by atoms with Crippen molar-refractivity contribution < 1.29 is 5.11 Å². The molecule has 0 bridgehead atoms. The zero-order chi connectivity index (χ0) is 17.4. The molecule has 2 aromatic carbocycles. The summed E-state index contributed by atoms with van der Waals surface area (Å²) in [6.45, 7) is 9.33. The molecule has 24 heavy (non-hydrogen) atoms. The van der Waals surface area contributed by atoms with Crippen molar-refractivity contribution in [2.24, 2.45) is 5.92 Å². The maximum atomic E-state index is 10.5. The number of hydrogen-bond acceptors (Lipinski definition) is 2. The summed E-state index contributed by atoms with van der Waals surface area (Å²) in [6.07, 6.45) is 1.54. The van der Waals surface area contributed by atoms with Gasteiger partial charge in [-0.3, -0.25) is 4.90 Å². The Labute approximate surface area is 147 Å². The molecule has 2 nitrogen and oxygen atoms in total. The van der Waals surface area contributed by atoms with Crippen LogP contribution in [0.15, 0.2) is 54.6 Å². The molecule has 0 aromatic heterocycles. The molecule has 0 heterocycles. The van der Waals surface area contributed by atoms with Gasteiger partial charge in [-0.1, -0.05) is 68.4 Å². The van der Waals surface area contributed by atoms with Crippen LogP contribution in [0.1, 0.15) is 37.0 Å². The minimum atomic E-state index is -0.330. The molecule has 2 heteroatoms. The highest BCUT2D eigenvalue weighted by molar-refractivity contribution is 5.25. The zero-order valence-electron chi connectivity index (χ0n) is 15.3. The van der Waals surface area contributed by atoms with Gasteiger partial charge in [0.1, 0.15) is 0 Å². The van der Waals surface area contributed by atoms with Crippen molar-refractivity contribution >= 4 is 0 Å². The second kappa shape index (κ2) is 9.61. The molecule has 0 aliphatic carbocycles. The second-order valence-corrected chi connectivity index (χ2v) is 7.19. The largest absolute Gasteiger partial charge is 0.391 e. The van der Waals surface area contributed by atoms with Crippen LogP contribution in [0, 0.1) is 12.8 Å². The van der Waals surface area contributed by atoms with Crippen molar-refractivity contribution in [3.8, 4) is 0 Å². The van der Waals surface area contributed by atoms with E-state index in [1.165, 1.54) is 16.7 Å². The van der Waals surface area contributed by atoms with Gasteiger partial charge in [0.2, 0.25) is 0 Å². The summed E-state index contributed by atoms with van der Waals surface area (Å²) in [5.74, 6) is 0.677. The van der Waals surface area contributed by atoms with Gasteiger partial charge >= 0.3 is 0 Å². The smallest absolute Gasteiger partial charge is 0.0707 e. The highest BCUT2D eigenvalue weighted by Gasteiger charge is 2.14. The molecular formula is C22H31NO. The lowest BCUT2D eigenvalue weighted by molar-refractivity contribution is 0.105. The highest BCUT2D eigenvalue weighted by Crippen LogP contribution is 2.14. The highest BCUT2D eigenvalue weighted by atomic mass is 16.3. The molecule has 0 saturated carbocycles. The normalized spacial score (nSPS) is 12.8. The van der Waals surface area contributed by atoms with E-state index in [1.807, 2.05) is 18.2 Å². The first kappa shape index (κ1) is 18.7. The number of benzene rings is 2. The van der Waals surface area contributed by atoms with Crippen molar-refractivity contribution in [1.82, 2.24) is 4.90 Å². The van der Waals surface area contributed by atoms with Gasteiger partial charge in [-0.15, -0.1) is 0 Å². The number of aliphatic hydroxyl groups excluding tert-OH is 1. The van der Waals surface area contributed by atoms with E-state index in [1.54, 1.807) is 0 Å². The molecule has 0 amide bonds. The molecule has 0 fully saturated rings. The fourth-order valence-corrected chi connectivity index (χ4v) is 2.95. The molecule has 0 aliphatic rings. The molecular weight excluding hydrogens is 294 g/mol. The Bertz CT molecular complexity index is 594. The monoisotopic (exact) mass is 325 g/mol. The van der Waals surface area contributed by atoms with E-state index in [2.05, 4.69) is 62.1 Å². The van der Waals surface area contributed by atoms with Gasteiger partial charge in [-0.05, 0) is 48.9 Å². The Balaban J connectivity index is 1.98. The third kappa shape index (κ3) is 6.46. The van der Waals surface area contributed by atoms with Crippen LogP contribution in [0.4, 0.5) is 0 Å². The average Bonchev–Trinajstić information content (AvgIpc) is 2.55. The summed E-state index contributed by atoms with van der Waals surface area (Å²) < 4.78 is 0.